The molecule has 9 heteroatoms. The Morgan fingerprint density at radius 2 is 2.06 bits per heavy atom. The van der Waals surface area contributed by atoms with Crippen LogP contribution >= 0.6 is 0 Å². The van der Waals surface area contributed by atoms with Gasteiger partial charge in [-0.05, 0) is 61.6 Å². The fraction of sp³-hybridized carbons (Fsp3) is 0.360. The number of morpholine rings is 1. The third kappa shape index (κ3) is 4.14. The molecule has 1 aliphatic heterocycles. The van der Waals surface area contributed by atoms with Crippen molar-refractivity contribution >= 4 is 34.1 Å². The quantitative estimate of drug-likeness (QED) is 0.555. The SMILES string of the molecule is COc1ccc(N2CCOCC2=O)cc1-c1ccc2c(N[C@H](C)C3CC3)c(C(N)=O)nnc2c1. The second-order valence-electron chi connectivity index (χ2n) is 8.77. The highest BCUT2D eigenvalue weighted by molar-refractivity contribution is 6.05. The summed E-state index contributed by atoms with van der Waals surface area (Å²) in [6, 6.07) is 11.6. The van der Waals surface area contributed by atoms with Gasteiger partial charge in [0.1, 0.15) is 12.4 Å². The second kappa shape index (κ2) is 8.90. The number of methoxy groups -OCH3 is 1. The highest BCUT2D eigenvalue weighted by Crippen LogP contribution is 2.38. The van der Waals surface area contributed by atoms with E-state index < -0.39 is 5.91 Å². The van der Waals surface area contributed by atoms with Crippen molar-refractivity contribution in [1.82, 2.24) is 10.2 Å². The lowest BCUT2D eigenvalue weighted by atomic mass is 10.0. The molecule has 2 fully saturated rings. The molecule has 1 aliphatic carbocycles. The van der Waals surface area contributed by atoms with Crippen molar-refractivity contribution in [2.24, 2.45) is 11.7 Å². The summed E-state index contributed by atoms with van der Waals surface area (Å²) in [5, 5.41) is 12.6. The summed E-state index contributed by atoms with van der Waals surface area (Å²) in [6.07, 6.45) is 2.34. The molecule has 1 saturated heterocycles. The molecule has 1 atom stereocenters. The van der Waals surface area contributed by atoms with E-state index in [-0.39, 0.29) is 24.2 Å². The van der Waals surface area contributed by atoms with Crippen LogP contribution in [0.5, 0.6) is 5.75 Å². The van der Waals surface area contributed by atoms with E-state index in [4.69, 9.17) is 15.2 Å². The highest BCUT2D eigenvalue weighted by atomic mass is 16.5. The zero-order valence-electron chi connectivity index (χ0n) is 19.2. The maximum absolute atomic E-state index is 12.3. The summed E-state index contributed by atoms with van der Waals surface area (Å²) in [5.74, 6) is 0.559. The van der Waals surface area contributed by atoms with Crippen LogP contribution in [0.3, 0.4) is 0 Å². The van der Waals surface area contributed by atoms with Crippen LogP contribution in [0.25, 0.3) is 22.0 Å². The van der Waals surface area contributed by atoms with Gasteiger partial charge in [-0.25, -0.2) is 0 Å². The van der Waals surface area contributed by atoms with Crippen molar-refractivity contribution in [3.8, 4) is 16.9 Å². The van der Waals surface area contributed by atoms with Crippen LogP contribution in [0.4, 0.5) is 11.4 Å². The summed E-state index contributed by atoms with van der Waals surface area (Å²) in [4.78, 5) is 26.1. The normalized spacial score (nSPS) is 17.0. The van der Waals surface area contributed by atoms with Gasteiger partial charge in [0.15, 0.2) is 5.69 Å². The van der Waals surface area contributed by atoms with Gasteiger partial charge in [-0.15, -0.1) is 10.2 Å². The predicted molar refractivity (Wildman–Crippen MR) is 129 cm³/mol. The molecule has 2 aromatic carbocycles. The minimum absolute atomic E-state index is 0.0736. The first kappa shape index (κ1) is 22.1. The first-order chi connectivity index (χ1) is 16.5. The topological polar surface area (TPSA) is 120 Å². The number of benzene rings is 2. The molecule has 0 spiro atoms. The Morgan fingerprint density at radius 3 is 2.76 bits per heavy atom. The molecular weight excluding hydrogens is 434 g/mol. The number of hydrogen-bond acceptors (Lipinski definition) is 7. The number of rotatable bonds is 7. The van der Waals surface area contributed by atoms with Crippen LogP contribution in [0.15, 0.2) is 36.4 Å². The Bertz CT molecular complexity index is 1270. The molecular formula is C25H27N5O4. The van der Waals surface area contributed by atoms with Gasteiger partial charge in [0.05, 0.1) is 24.9 Å². The number of ether oxygens (including phenoxy) is 2. The summed E-state index contributed by atoms with van der Waals surface area (Å²) in [7, 11) is 1.61. The summed E-state index contributed by atoms with van der Waals surface area (Å²) < 4.78 is 10.9. The van der Waals surface area contributed by atoms with Crippen LogP contribution in [-0.4, -0.2) is 54.9 Å². The first-order valence-electron chi connectivity index (χ1n) is 11.4. The van der Waals surface area contributed by atoms with Crippen LogP contribution in [0, 0.1) is 5.92 Å². The van der Waals surface area contributed by atoms with Crippen molar-refractivity contribution in [3.05, 3.63) is 42.1 Å². The Labute approximate surface area is 197 Å². The third-order valence-electron chi connectivity index (χ3n) is 6.49. The van der Waals surface area contributed by atoms with Crippen LogP contribution in [-0.2, 0) is 9.53 Å². The van der Waals surface area contributed by atoms with Gasteiger partial charge in [-0.2, -0.15) is 0 Å². The molecule has 34 heavy (non-hydrogen) atoms. The number of fused-ring (bicyclic) bond motifs is 1. The van der Waals surface area contributed by atoms with E-state index in [1.54, 1.807) is 12.0 Å². The van der Waals surface area contributed by atoms with E-state index in [1.807, 2.05) is 36.4 Å². The van der Waals surface area contributed by atoms with Gasteiger partial charge < -0.3 is 25.4 Å². The zero-order chi connectivity index (χ0) is 23.8. The van der Waals surface area contributed by atoms with Crippen LogP contribution < -0.4 is 20.7 Å². The Balaban J connectivity index is 1.58. The van der Waals surface area contributed by atoms with Gasteiger partial charge in [-0.1, -0.05) is 6.07 Å². The molecule has 1 saturated carbocycles. The average molecular weight is 462 g/mol. The van der Waals surface area contributed by atoms with Crippen molar-refractivity contribution in [2.45, 2.75) is 25.8 Å². The number of carbonyl (C=O) groups excluding carboxylic acids is 2. The maximum atomic E-state index is 12.3. The van der Waals surface area contributed by atoms with E-state index in [9.17, 15) is 9.59 Å². The number of amides is 2. The lowest BCUT2D eigenvalue weighted by molar-refractivity contribution is -0.125. The Kier molecular flexibility index (Phi) is 5.79. The van der Waals surface area contributed by atoms with E-state index in [1.165, 1.54) is 12.8 Å². The molecule has 0 unspecified atom stereocenters. The second-order valence-corrected chi connectivity index (χ2v) is 8.77. The number of anilines is 2. The fourth-order valence-corrected chi connectivity index (χ4v) is 4.42. The molecule has 2 aliphatic rings. The minimum atomic E-state index is -0.617. The van der Waals surface area contributed by atoms with Gasteiger partial charge in [0.25, 0.3) is 11.8 Å². The van der Waals surface area contributed by atoms with Gasteiger partial charge in [-0.3, -0.25) is 9.59 Å². The molecule has 0 bridgehead atoms. The summed E-state index contributed by atoms with van der Waals surface area (Å²) in [6.45, 7) is 3.17. The van der Waals surface area contributed by atoms with Crippen LogP contribution in [0.2, 0.25) is 0 Å². The molecule has 3 N–H and O–H groups in total. The Morgan fingerprint density at radius 1 is 1.24 bits per heavy atom. The molecule has 5 rings (SSSR count). The molecule has 2 amide bonds. The number of nitrogens with one attached hydrogen (secondary N) is 1. The molecule has 3 aromatic rings. The number of aromatic nitrogens is 2. The summed E-state index contributed by atoms with van der Waals surface area (Å²) >= 11 is 0. The van der Waals surface area contributed by atoms with Gasteiger partial charge >= 0.3 is 0 Å². The minimum Gasteiger partial charge on any atom is -0.496 e. The molecule has 9 nitrogen and oxygen atoms in total. The van der Waals surface area contributed by atoms with E-state index >= 15 is 0 Å². The number of hydrogen-bond donors (Lipinski definition) is 2. The smallest absolute Gasteiger partial charge is 0.271 e. The van der Waals surface area contributed by atoms with Crippen molar-refractivity contribution < 1.29 is 19.1 Å². The van der Waals surface area contributed by atoms with Crippen LogP contribution in [0.1, 0.15) is 30.3 Å². The summed E-state index contributed by atoms with van der Waals surface area (Å²) in [5.41, 5.74) is 9.43. The largest absolute Gasteiger partial charge is 0.496 e. The lowest BCUT2D eigenvalue weighted by Gasteiger charge is -2.27. The van der Waals surface area contributed by atoms with Crippen molar-refractivity contribution in [2.75, 3.05) is 37.1 Å². The molecule has 176 valence electrons. The number of carbonyl (C=O) groups is 2. The lowest BCUT2D eigenvalue weighted by Crippen LogP contribution is -2.41. The number of primary amides is 1. The van der Waals surface area contributed by atoms with Crippen molar-refractivity contribution in [1.29, 1.82) is 0 Å². The zero-order valence-corrected chi connectivity index (χ0v) is 19.2. The Hall–Kier alpha value is -3.72. The molecule has 0 radical (unpaired) electrons. The van der Waals surface area contributed by atoms with Crippen molar-refractivity contribution in [3.63, 3.8) is 0 Å². The predicted octanol–water partition coefficient (Wildman–Crippen LogP) is 2.98. The van der Waals surface area contributed by atoms with E-state index in [2.05, 4.69) is 22.4 Å². The monoisotopic (exact) mass is 461 g/mol. The van der Waals surface area contributed by atoms with E-state index in [0.29, 0.717) is 36.0 Å². The molecule has 1 aromatic heterocycles. The number of nitrogens with zero attached hydrogens (tertiary/aromatic N) is 3. The highest BCUT2D eigenvalue weighted by Gasteiger charge is 2.29. The third-order valence-corrected chi connectivity index (χ3v) is 6.49. The maximum Gasteiger partial charge on any atom is 0.271 e. The number of nitrogens with two attached hydrogens (primary N) is 1. The first-order valence-corrected chi connectivity index (χ1v) is 11.4. The van der Waals surface area contributed by atoms with Gasteiger partial charge in [0, 0.05) is 29.2 Å². The average Bonchev–Trinajstić information content (AvgIpc) is 3.69. The van der Waals surface area contributed by atoms with E-state index in [0.717, 1.165) is 22.2 Å². The fourth-order valence-electron chi connectivity index (χ4n) is 4.42. The molecule has 2 heterocycles. The van der Waals surface area contributed by atoms with Gasteiger partial charge in [0.2, 0.25) is 0 Å². The standard InChI is InChI=1S/C25H27N5O4/c1-14(15-3-4-15)27-23-18-7-5-16(11-20(18)28-29-24(23)25(26)32)19-12-17(6-8-21(19)33-2)30-9-10-34-13-22(30)31/h5-8,11-12,14-15H,3-4,9-10,13H2,1-2H3,(H2,26,32)(H,27,28)/t14-/m1/s1.